The first-order valence-electron chi connectivity index (χ1n) is 12.5. The number of allylic oxidation sites excluding steroid dienone is 4. The van der Waals surface area contributed by atoms with Crippen LogP contribution in [0.15, 0.2) is 84.0 Å². The van der Waals surface area contributed by atoms with Gasteiger partial charge in [-0.1, -0.05) is 94.2 Å². The molecule has 1 unspecified atom stereocenters. The zero-order valence-corrected chi connectivity index (χ0v) is 26.3. The molecule has 0 heterocycles. The number of hydrogen-bond acceptors (Lipinski definition) is 0. The zero-order valence-electron chi connectivity index (χ0n) is 22.3. The van der Waals surface area contributed by atoms with E-state index >= 15 is 0 Å². The molecule has 37 heavy (non-hydrogen) atoms. The van der Waals surface area contributed by atoms with Gasteiger partial charge in [-0.2, -0.15) is 41.5 Å². The third-order valence-corrected chi connectivity index (χ3v) is 7.13. The summed E-state index contributed by atoms with van der Waals surface area (Å²) in [6, 6.07) is 24.6. The molecule has 0 aromatic heterocycles. The van der Waals surface area contributed by atoms with Gasteiger partial charge in [0.25, 0.3) is 0 Å². The summed E-state index contributed by atoms with van der Waals surface area (Å²) in [5.41, 5.74) is 9.86. The molecule has 0 N–H and O–H groups in total. The Balaban J connectivity index is 0.000000275. The molecule has 0 nitrogen and oxygen atoms in total. The average molecular weight is 613 g/mol. The van der Waals surface area contributed by atoms with Crippen molar-refractivity contribution >= 4 is 3.71 Å². The van der Waals surface area contributed by atoms with Crippen LogP contribution in [0.5, 0.6) is 0 Å². The third-order valence-electron chi connectivity index (χ3n) is 6.31. The Hall–Kier alpha value is -1.60. The summed E-state index contributed by atoms with van der Waals surface area (Å²) < 4.78 is 14.2. The number of rotatable bonds is 3. The van der Waals surface area contributed by atoms with Gasteiger partial charge in [-0.15, -0.1) is 5.56 Å². The fourth-order valence-corrected chi connectivity index (χ4v) is 4.89. The molecule has 4 heteroatoms. The predicted molar refractivity (Wildman–Crippen MR) is 143 cm³/mol. The molecule has 0 saturated heterocycles. The largest absolute Gasteiger partial charge is 1.00 e. The van der Waals surface area contributed by atoms with Crippen molar-refractivity contribution in [3.8, 4) is 11.1 Å². The van der Waals surface area contributed by atoms with Crippen LogP contribution in [0.25, 0.3) is 11.1 Å². The number of benzene rings is 3. The molecule has 3 aromatic rings. The van der Waals surface area contributed by atoms with Gasteiger partial charge in [0.05, 0.1) is 0 Å². The van der Waals surface area contributed by atoms with Crippen molar-refractivity contribution in [1.29, 1.82) is 0 Å². The van der Waals surface area contributed by atoms with E-state index in [4.69, 9.17) is 0 Å². The van der Waals surface area contributed by atoms with E-state index < -0.39 is 0 Å². The van der Waals surface area contributed by atoms with Gasteiger partial charge < -0.3 is 24.8 Å². The molecule has 5 rings (SSSR count). The van der Waals surface area contributed by atoms with Gasteiger partial charge in [0.1, 0.15) is 0 Å². The van der Waals surface area contributed by atoms with E-state index in [0.29, 0.717) is 11.3 Å². The summed E-state index contributed by atoms with van der Waals surface area (Å²) in [5, 5.41) is 0. The molecular weight excluding hydrogens is 577 g/mol. The molecule has 3 aromatic carbocycles. The molecule has 1 atom stereocenters. The Kier molecular flexibility index (Phi) is 14.2. The maximum Gasteiger partial charge on any atom is -0.0253 e. The van der Waals surface area contributed by atoms with Crippen molar-refractivity contribution in [3.63, 3.8) is 0 Å². The monoisotopic (exact) mass is 610 g/mol. The second kappa shape index (κ2) is 15.7. The molecule has 0 radical (unpaired) electrons. The Morgan fingerprint density at radius 1 is 0.946 bits per heavy atom. The van der Waals surface area contributed by atoms with Crippen LogP contribution in [0.4, 0.5) is 4.39 Å². The Morgan fingerprint density at radius 3 is 2.16 bits per heavy atom. The maximum atomic E-state index is 12.2. The van der Waals surface area contributed by atoms with Crippen LogP contribution in [0.3, 0.4) is 0 Å². The second-order valence-electron chi connectivity index (χ2n) is 9.91. The fraction of sp³-hybridized carbons (Fsp3) is 0.303. The summed E-state index contributed by atoms with van der Waals surface area (Å²) in [4.78, 5) is 0. The smallest absolute Gasteiger partial charge is 0.0253 e. The van der Waals surface area contributed by atoms with Gasteiger partial charge in [-0.3, -0.25) is 6.08 Å². The Bertz CT molecular complexity index is 1160. The van der Waals surface area contributed by atoms with Crippen LogP contribution in [0, 0.1) is 29.3 Å². The predicted octanol–water partition coefficient (Wildman–Crippen LogP) is 2.73. The van der Waals surface area contributed by atoms with Gasteiger partial charge in [0.15, 0.2) is 0 Å². The van der Waals surface area contributed by atoms with Crippen molar-refractivity contribution in [2.45, 2.75) is 53.9 Å². The zero-order chi connectivity index (χ0) is 25.4. The average Bonchev–Trinajstić information content (AvgIpc) is 3.47. The first kappa shape index (κ1) is 33.4. The number of halogens is 3. The molecule has 2 aliphatic rings. The van der Waals surface area contributed by atoms with Crippen LogP contribution in [0.1, 0.15) is 64.2 Å². The first-order valence-corrected chi connectivity index (χ1v) is 13.9. The van der Waals surface area contributed by atoms with Crippen molar-refractivity contribution in [2.24, 2.45) is 11.3 Å². The van der Waals surface area contributed by atoms with E-state index in [2.05, 4.69) is 89.2 Å². The van der Waals surface area contributed by atoms with E-state index in [-0.39, 0.29) is 30.6 Å². The molecule has 0 saturated carbocycles. The SMILES string of the molecule is CCC1=[C-]C(CC)C=C1C(C)(C)C.Fc1ccc([CH]=[Zr+2])cc1.[Cl-].[Cl-].[c-]1cccc2c1Cc1ccccc1-2. The van der Waals surface area contributed by atoms with Crippen LogP contribution >= 0.6 is 0 Å². The van der Waals surface area contributed by atoms with Crippen LogP contribution in [-0.4, -0.2) is 3.71 Å². The standard InChI is InChI=1S/C13H9.C13H21.C7H5F.2ClH.Zr/c1-3-7-12-10(5-1)9-11-6-2-4-8-13(11)12;1-6-10-8-11(7-2)12(9-10)13(3,4)5;1-6-2-4-7(8)5-3-6;;;/h1-5,7-8H,9H2;9-10H,6-7H2,1-5H3;1-5H;2*1H;/q2*-1;;;;+2/p-2. The molecular formula is C33H35Cl2FZr-2. The first-order chi connectivity index (χ1) is 16.8. The summed E-state index contributed by atoms with van der Waals surface area (Å²) in [5.74, 6) is 0.403. The topological polar surface area (TPSA) is 0 Å². The van der Waals surface area contributed by atoms with Crippen molar-refractivity contribution in [2.75, 3.05) is 0 Å². The number of fused-ring (bicyclic) bond motifs is 3. The molecule has 2 aliphatic carbocycles. The summed E-state index contributed by atoms with van der Waals surface area (Å²) in [6.45, 7) is 11.3. The van der Waals surface area contributed by atoms with Crippen LogP contribution in [0.2, 0.25) is 0 Å². The summed E-state index contributed by atoms with van der Waals surface area (Å²) in [6.07, 6.45) is 9.33. The Labute approximate surface area is 250 Å². The third kappa shape index (κ3) is 9.28. The molecule has 0 fully saturated rings. The number of hydrogen-bond donors (Lipinski definition) is 0. The van der Waals surface area contributed by atoms with E-state index in [1.807, 2.05) is 9.78 Å². The summed E-state index contributed by atoms with van der Waals surface area (Å²) >= 11 is 1.34. The second-order valence-corrected chi connectivity index (χ2v) is 10.6. The van der Waals surface area contributed by atoms with Crippen molar-refractivity contribution in [3.05, 3.63) is 119 Å². The van der Waals surface area contributed by atoms with Gasteiger partial charge in [-0.05, 0) is 6.42 Å². The van der Waals surface area contributed by atoms with Crippen molar-refractivity contribution in [1.82, 2.24) is 0 Å². The van der Waals surface area contributed by atoms with Crippen molar-refractivity contribution < 1.29 is 53.4 Å². The van der Waals surface area contributed by atoms with Gasteiger partial charge in [-0.25, -0.2) is 5.57 Å². The quantitative estimate of drug-likeness (QED) is 0.313. The molecule has 0 amide bonds. The van der Waals surface area contributed by atoms with E-state index in [9.17, 15) is 4.39 Å². The molecule has 0 spiro atoms. The van der Waals surface area contributed by atoms with Gasteiger partial charge >= 0.3 is 68.0 Å². The normalized spacial score (nSPS) is 14.6. The fourth-order valence-electron chi connectivity index (χ4n) is 4.42. The van der Waals surface area contributed by atoms with Crippen LogP contribution < -0.4 is 24.8 Å². The maximum absolute atomic E-state index is 12.2. The minimum atomic E-state index is -0.170. The van der Waals surface area contributed by atoms with E-state index in [1.54, 1.807) is 12.1 Å². The van der Waals surface area contributed by atoms with Gasteiger partial charge in [0.2, 0.25) is 0 Å². The van der Waals surface area contributed by atoms with E-state index in [0.717, 1.165) is 18.4 Å². The molecule has 0 aliphatic heterocycles. The summed E-state index contributed by atoms with van der Waals surface area (Å²) in [7, 11) is 0. The minimum Gasteiger partial charge on any atom is -1.00 e. The van der Waals surface area contributed by atoms with Crippen LogP contribution in [-0.2, 0) is 30.7 Å². The van der Waals surface area contributed by atoms with Gasteiger partial charge in [0, 0.05) is 0 Å². The molecule has 194 valence electrons. The Morgan fingerprint density at radius 2 is 1.59 bits per heavy atom. The van der Waals surface area contributed by atoms with E-state index in [1.165, 1.54) is 76.2 Å². The molecule has 0 bridgehead atoms. The minimum absolute atomic E-state index is 0.